The van der Waals surface area contributed by atoms with Crippen LogP contribution in [0.3, 0.4) is 0 Å². The molecule has 2 bridgehead atoms. The minimum atomic E-state index is -0.953. The molecule has 2 aliphatic heterocycles. The van der Waals surface area contributed by atoms with Gasteiger partial charge in [-0.1, -0.05) is 42.5 Å². The summed E-state index contributed by atoms with van der Waals surface area (Å²) in [5, 5.41) is 0. The maximum Gasteiger partial charge on any atom is 0.226 e. The summed E-state index contributed by atoms with van der Waals surface area (Å²) in [6.07, 6.45) is 7.36. The number of ether oxygens (including phenoxy) is 4. The normalized spacial score (nSPS) is 30.3. The Morgan fingerprint density at radius 2 is 1.74 bits per heavy atom. The van der Waals surface area contributed by atoms with E-state index >= 15 is 0 Å². The molecule has 2 heterocycles. The van der Waals surface area contributed by atoms with Crippen molar-refractivity contribution in [2.45, 2.75) is 49.2 Å². The third-order valence-electron chi connectivity index (χ3n) is 9.67. The Kier molecular flexibility index (Phi) is 7.17. The van der Waals surface area contributed by atoms with E-state index < -0.39 is 5.79 Å². The fourth-order valence-corrected chi connectivity index (χ4v) is 7.95. The zero-order chi connectivity index (χ0) is 26.1. The number of nitrogens with zero attached hydrogens (tertiary/aromatic N) is 2. The van der Waals surface area contributed by atoms with E-state index in [1.54, 1.807) is 21.3 Å². The van der Waals surface area contributed by atoms with E-state index in [0.717, 1.165) is 54.9 Å². The minimum absolute atomic E-state index is 0. The zero-order valence-corrected chi connectivity index (χ0v) is 25.7. The Morgan fingerprint density at radius 1 is 1.00 bits per heavy atom. The summed E-state index contributed by atoms with van der Waals surface area (Å²) in [5.41, 5.74) is 3.68. The van der Waals surface area contributed by atoms with Crippen LogP contribution in [0.25, 0.3) is 0 Å². The van der Waals surface area contributed by atoms with Gasteiger partial charge < -0.3 is 47.4 Å². The Morgan fingerprint density at radius 3 is 2.39 bits per heavy atom. The van der Waals surface area contributed by atoms with Crippen LogP contribution in [0.15, 0.2) is 54.6 Å². The van der Waals surface area contributed by atoms with Crippen molar-refractivity contribution in [3.63, 3.8) is 0 Å². The van der Waals surface area contributed by atoms with E-state index in [-0.39, 0.29) is 40.9 Å². The van der Waals surface area contributed by atoms with Gasteiger partial charge in [0, 0.05) is 44.2 Å². The van der Waals surface area contributed by atoms with Crippen LogP contribution in [0.1, 0.15) is 29.5 Å². The first-order valence-corrected chi connectivity index (χ1v) is 13.5. The van der Waals surface area contributed by atoms with Crippen LogP contribution in [-0.2, 0) is 27.9 Å². The number of methoxy groups -OCH3 is 3. The van der Waals surface area contributed by atoms with Gasteiger partial charge in [0.15, 0.2) is 17.6 Å². The lowest BCUT2D eigenvalue weighted by atomic mass is 9.43. The van der Waals surface area contributed by atoms with Gasteiger partial charge in [0.2, 0.25) is 5.79 Å². The summed E-state index contributed by atoms with van der Waals surface area (Å²) in [4.78, 5) is 2.73. The lowest BCUT2D eigenvalue weighted by molar-refractivity contribution is -0.871. The largest absolute Gasteiger partial charge is 1.00 e. The highest BCUT2D eigenvalue weighted by molar-refractivity contribution is 5.64. The fraction of sp³-hybridized carbons (Fsp3) is 0.548. The van der Waals surface area contributed by atoms with Gasteiger partial charge in [0.25, 0.3) is 0 Å². The molecule has 7 heteroatoms. The highest BCUT2D eigenvalue weighted by atomic mass is 127. The summed E-state index contributed by atoms with van der Waals surface area (Å²) in [7, 11) is 12.1. The second kappa shape index (κ2) is 9.77. The summed E-state index contributed by atoms with van der Waals surface area (Å²) in [6.45, 7) is 3.01. The Bertz CT molecular complexity index is 1210. The van der Waals surface area contributed by atoms with Crippen LogP contribution >= 0.6 is 0 Å². The number of hydrogen-bond donors (Lipinski definition) is 0. The minimum Gasteiger partial charge on any atom is -1.00 e. The third-order valence-corrected chi connectivity index (χ3v) is 9.67. The predicted molar refractivity (Wildman–Crippen MR) is 144 cm³/mol. The number of quaternary nitrogens is 1. The van der Waals surface area contributed by atoms with E-state index in [2.05, 4.69) is 80.7 Å². The van der Waals surface area contributed by atoms with E-state index in [1.165, 1.54) is 16.7 Å². The topological polar surface area (TPSA) is 40.2 Å². The van der Waals surface area contributed by atoms with E-state index in [0.29, 0.717) is 6.04 Å². The van der Waals surface area contributed by atoms with Crippen molar-refractivity contribution in [2.75, 3.05) is 55.6 Å². The van der Waals surface area contributed by atoms with Crippen molar-refractivity contribution in [3.05, 3.63) is 71.3 Å². The standard InChI is InChI=1S/C31H41N2O4.HI/c1-33(2,3)19-17-29-14-15-31(35-5,36-6)28-30(29)16-18-32(21-22-10-8-7-9-11-22)25(29)20-23-12-13-24(34-4)27(37-28)26(23)30;/h7-15,25,28H,16-21H2,1-6H3;1H/q+1;/p-1/t25-,28-,29-,30+;/m1./s1. The van der Waals surface area contributed by atoms with Crippen molar-refractivity contribution in [2.24, 2.45) is 5.41 Å². The molecule has 6 rings (SSSR count). The molecular formula is C31H41IN2O4. The molecule has 6 nitrogen and oxygen atoms in total. The van der Waals surface area contributed by atoms with E-state index in [9.17, 15) is 0 Å². The molecule has 1 saturated heterocycles. The van der Waals surface area contributed by atoms with Crippen LogP contribution in [0, 0.1) is 5.41 Å². The highest BCUT2D eigenvalue weighted by Gasteiger charge is 2.75. The SMILES string of the molecule is COc1ccc2c3c1O[C@H]1C(OC)(OC)C=C[C@@]4(CC[N+](C)(C)C)[C@@H](C2)N(Cc2ccccc2)CC[C@]314.[I-]. The summed E-state index contributed by atoms with van der Waals surface area (Å²) in [6, 6.07) is 15.6. The monoisotopic (exact) mass is 632 g/mol. The average Bonchev–Trinajstić information content (AvgIpc) is 3.25. The summed E-state index contributed by atoms with van der Waals surface area (Å²) >= 11 is 0. The molecule has 4 aliphatic rings. The Labute approximate surface area is 244 Å². The first-order valence-electron chi connectivity index (χ1n) is 13.5. The van der Waals surface area contributed by atoms with Crippen LogP contribution in [0.2, 0.25) is 0 Å². The molecule has 0 N–H and O–H groups in total. The van der Waals surface area contributed by atoms with Crippen molar-refractivity contribution in [1.82, 2.24) is 4.90 Å². The molecule has 0 aromatic heterocycles. The number of halogens is 1. The molecule has 0 saturated carbocycles. The zero-order valence-electron chi connectivity index (χ0n) is 23.5. The molecule has 0 radical (unpaired) electrons. The van der Waals surface area contributed by atoms with Crippen molar-refractivity contribution in [3.8, 4) is 11.5 Å². The maximum absolute atomic E-state index is 6.96. The number of hydrogen-bond acceptors (Lipinski definition) is 5. The molecule has 0 amide bonds. The lowest BCUT2D eigenvalue weighted by Crippen LogP contribution is -3.00. The molecule has 206 valence electrons. The predicted octanol–water partition coefficient (Wildman–Crippen LogP) is 1.17. The fourth-order valence-electron chi connectivity index (χ4n) is 7.95. The Hall–Kier alpha value is -1.65. The first kappa shape index (κ1) is 27.9. The van der Waals surface area contributed by atoms with Crippen LogP contribution in [-0.4, -0.2) is 82.9 Å². The number of likely N-dealkylation sites (tertiary alicyclic amines) is 1. The Balaban J connectivity index is 0.00000294. The summed E-state index contributed by atoms with van der Waals surface area (Å²) < 4.78 is 26.1. The van der Waals surface area contributed by atoms with E-state index in [4.69, 9.17) is 18.9 Å². The van der Waals surface area contributed by atoms with Gasteiger partial charge in [-0.15, -0.1) is 0 Å². The number of piperidine rings is 1. The second-order valence-corrected chi connectivity index (χ2v) is 12.3. The molecule has 2 aromatic carbocycles. The smallest absolute Gasteiger partial charge is 0.226 e. The number of benzene rings is 2. The van der Waals surface area contributed by atoms with Gasteiger partial charge >= 0.3 is 0 Å². The summed E-state index contributed by atoms with van der Waals surface area (Å²) in [5.74, 6) is 0.733. The van der Waals surface area contributed by atoms with E-state index in [1.807, 2.05) is 0 Å². The molecule has 0 unspecified atom stereocenters. The molecular weight excluding hydrogens is 591 g/mol. The van der Waals surface area contributed by atoms with Crippen molar-refractivity contribution < 1.29 is 47.4 Å². The van der Waals surface area contributed by atoms with Crippen LogP contribution in [0.4, 0.5) is 0 Å². The molecule has 1 spiro atoms. The molecule has 4 atom stereocenters. The highest BCUT2D eigenvalue weighted by Crippen LogP contribution is 2.70. The van der Waals surface area contributed by atoms with Crippen LogP contribution in [0.5, 0.6) is 11.5 Å². The van der Waals surface area contributed by atoms with Crippen molar-refractivity contribution >= 4 is 0 Å². The molecule has 38 heavy (non-hydrogen) atoms. The number of rotatable bonds is 8. The third kappa shape index (κ3) is 3.79. The van der Waals surface area contributed by atoms with Crippen molar-refractivity contribution in [1.29, 1.82) is 0 Å². The average molecular weight is 633 g/mol. The molecule has 2 aliphatic carbocycles. The lowest BCUT2D eigenvalue weighted by Gasteiger charge is -2.66. The van der Waals surface area contributed by atoms with Gasteiger partial charge in [-0.2, -0.15) is 0 Å². The maximum atomic E-state index is 6.96. The van der Waals surface area contributed by atoms with Gasteiger partial charge in [-0.3, -0.25) is 4.90 Å². The van der Waals surface area contributed by atoms with Gasteiger partial charge in [0.05, 0.1) is 40.2 Å². The quantitative estimate of drug-likeness (QED) is 0.189. The first-order chi connectivity index (χ1) is 17.7. The molecule has 1 fully saturated rings. The second-order valence-electron chi connectivity index (χ2n) is 12.3. The van der Waals surface area contributed by atoms with Gasteiger partial charge in [0.1, 0.15) is 0 Å². The van der Waals surface area contributed by atoms with Gasteiger partial charge in [-0.05, 0) is 42.7 Å². The van der Waals surface area contributed by atoms with Gasteiger partial charge in [-0.25, -0.2) is 0 Å². The molecule has 2 aromatic rings. The van der Waals surface area contributed by atoms with Crippen LogP contribution < -0.4 is 33.5 Å².